The van der Waals surface area contributed by atoms with Gasteiger partial charge in [-0.3, -0.25) is 0 Å². The zero-order valence-corrected chi connectivity index (χ0v) is 33.4. The van der Waals surface area contributed by atoms with Crippen molar-refractivity contribution in [1.29, 1.82) is 0 Å². The molecule has 1 aliphatic rings. The average molecular weight is 736 g/mol. The summed E-state index contributed by atoms with van der Waals surface area (Å²) in [6.07, 6.45) is 0. The molecule has 0 radical (unpaired) electrons. The van der Waals surface area contributed by atoms with Crippen LogP contribution in [0.1, 0.15) is 52.7 Å². The van der Waals surface area contributed by atoms with E-state index in [1.54, 1.807) is 0 Å². The SMILES string of the molecule is CC(C)(C)c1cc2nc(c1)-c1cc(-c3ccccc3)cc3c1[nH]c1c(cc(-c4ccccc4)cc13)-c1cc(C(C)(C)C)cc(n1)-c1cc(-c3ccccc3)cc-2c1. The van der Waals surface area contributed by atoms with Gasteiger partial charge in [0.1, 0.15) is 0 Å². The molecule has 276 valence electrons. The Morgan fingerprint density at radius 2 is 0.667 bits per heavy atom. The maximum absolute atomic E-state index is 5.61. The second kappa shape index (κ2) is 13.0. The minimum atomic E-state index is -0.121. The fourth-order valence-corrected chi connectivity index (χ4v) is 8.32. The molecule has 6 aromatic carbocycles. The van der Waals surface area contributed by atoms with Gasteiger partial charge in [-0.05, 0) is 122 Å². The van der Waals surface area contributed by atoms with E-state index in [2.05, 4.69) is 204 Å². The van der Waals surface area contributed by atoms with E-state index in [-0.39, 0.29) is 10.8 Å². The lowest BCUT2D eigenvalue weighted by molar-refractivity contribution is 0.589. The number of nitrogens with one attached hydrogen (secondary N) is 1. The van der Waals surface area contributed by atoms with Gasteiger partial charge in [0.2, 0.25) is 0 Å². The van der Waals surface area contributed by atoms with Gasteiger partial charge < -0.3 is 4.98 Å². The number of benzene rings is 6. The maximum atomic E-state index is 5.61. The number of fused-ring (bicyclic) bond motifs is 11. The van der Waals surface area contributed by atoms with Gasteiger partial charge >= 0.3 is 0 Å². The van der Waals surface area contributed by atoms with E-state index < -0.39 is 0 Å². The topological polar surface area (TPSA) is 41.6 Å². The van der Waals surface area contributed by atoms with Crippen LogP contribution >= 0.6 is 0 Å². The fraction of sp³-hybridized carbons (Fsp3) is 0.148. The van der Waals surface area contributed by atoms with Crippen LogP contribution in [-0.2, 0) is 10.8 Å². The molecule has 0 spiro atoms. The molecule has 0 amide bonds. The summed E-state index contributed by atoms with van der Waals surface area (Å²) in [6, 6.07) is 57.6. The smallest absolute Gasteiger partial charge is 0.0733 e. The number of aromatic nitrogens is 3. The van der Waals surface area contributed by atoms with E-state index in [0.717, 1.165) is 78.3 Å². The van der Waals surface area contributed by atoms with Gasteiger partial charge in [0.25, 0.3) is 0 Å². The van der Waals surface area contributed by atoms with Crippen LogP contribution in [-0.4, -0.2) is 15.0 Å². The Morgan fingerprint density at radius 3 is 1.04 bits per heavy atom. The Bertz CT molecular complexity index is 2810. The first kappa shape index (κ1) is 34.9. The Morgan fingerprint density at radius 1 is 0.333 bits per heavy atom. The number of nitrogens with zero attached hydrogens (tertiary/aromatic N) is 2. The van der Waals surface area contributed by atoms with Crippen LogP contribution in [0.3, 0.4) is 0 Å². The zero-order chi connectivity index (χ0) is 39.1. The first-order chi connectivity index (χ1) is 27.5. The summed E-state index contributed by atoms with van der Waals surface area (Å²) in [4.78, 5) is 15.2. The predicted octanol–water partition coefficient (Wildman–Crippen LogP) is 14.7. The van der Waals surface area contributed by atoms with E-state index in [1.807, 2.05) is 0 Å². The van der Waals surface area contributed by atoms with E-state index in [1.165, 1.54) is 33.0 Å². The van der Waals surface area contributed by atoms with Crippen molar-refractivity contribution in [2.24, 2.45) is 0 Å². The first-order valence-corrected chi connectivity index (χ1v) is 20.0. The van der Waals surface area contributed by atoms with E-state index in [4.69, 9.17) is 9.97 Å². The molecule has 1 N–H and O–H groups in total. The Labute approximate surface area is 335 Å². The molecule has 0 atom stereocenters. The molecule has 0 unspecified atom stereocenters. The van der Waals surface area contributed by atoms with Gasteiger partial charge in [-0.1, -0.05) is 133 Å². The number of aromatic amines is 1. The third-order valence-corrected chi connectivity index (χ3v) is 11.6. The van der Waals surface area contributed by atoms with Crippen LogP contribution in [0.15, 0.2) is 158 Å². The van der Waals surface area contributed by atoms with Crippen molar-refractivity contribution in [3.63, 3.8) is 0 Å². The van der Waals surface area contributed by atoms with Crippen molar-refractivity contribution in [2.45, 2.75) is 52.4 Å². The van der Waals surface area contributed by atoms with Crippen LogP contribution in [0.5, 0.6) is 0 Å². The molecule has 1 aliphatic heterocycles. The zero-order valence-electron chi connectivity index (χ0n) is 33.4. The molecule has 0 aliphatic carbocycles. The highest BCUT2D eigenvalue weighted by Crippen LogP contribution is 2.45. The normalized spacial score (nSPS) is 12.4. The highest BCUT2D eigenvalue weighted by Gasteiger charge is 2.25. The number of hydrogen-bond acceptors (Lipinski definition) is 2. The fourth-order valence-electron chi connectivity index (χ4n) is 8.32. The molecule has 4 heterocycles. The maximum Gasteiger partial charge on any atom is 0.0733 e. The van der Waals surface area contributed by atoms with Crippen molar-refractivity contribution in [1.82, 2.24) is 15.0 Å². The van der Waals surface area contributed by atoms with E-state index >= 15 is 0 Å². The van der Waals surface area contributed by atoms with Crippen LogP contribution in [0.4, 0.5) is 0 Å². The van der Waals surface area contributed by atoms with Gasteiger partial charge in [-0.25, -0.2) is 9.97 Å². The lowest BCUT2D eigenvalue weighted by Gasteiger charge is -2.23. The standard InChI is InChI=1S/C54H45N3/c1-53(2,3)41-29-47-39-22-36(33-16-10-7-11-17-33)23-40(24-39)48-30-42(54(4,5)6)32-50(56-48)46-28-38(35-20-14-9-15-21-35)26-44-43-25-37(34-18-12-8-13-19-34)27-45(49(31-41)55-47)51(43)57-52(44)46/h7-32,57H,1-6H3. The van der Waals surface area contributed by atoms with Crippen molar-refractivity contribution >= 4 is 21.8 Å². The molecule has 57 heavy (non-hydrogen) atoms. The summed E-state index contributed by atoms with van der Waals surface area (Å²) in [6.45, 7) is 13.7. The Kier molecular flexibility index (Phi) is 7.95. The number of H-pyrrole nitrogens is 1. The van der Waals surface area contributed by atoms with E-state index in [9.17, 15) is 0 Å². The summed E-state index contributed by atoms with van der Waals surface area (Å²) in [5.74, 6) is 0. The summed E-state index contributed by atoms with van der Waals surface area (Å²) >= 11 is 0. The van der Waals surface area contributed by atoms with Crippen LogP contribution in [0, 0.1) is 0 Å². The van der Waals surface area contributed by atoms with Crippen molar-refractivity contribution in [2.75, 3.05) is 0 Å². The molecule has 10 rings (SSSR count). The number of rotatable bonds is 3. The van der Waals surface area contributed by atoms with Gasteiger partial charge in [0, 0.05) is 33.0 Å². The van der Waals surface area contributed by atoms with Crippen LogP contribution < -0.4 is 0 Å². The second-order valence-electron chi connectivity index (χ2n) is 17.7. The summed E-state index contributed by atoms with van der Waals surface area (Å²) in [5.41, 5.74) is 19.4. The monoisotopic (exact) mass is 735 g/mol. The molecule has 3 aromatic heterocycles. The van der Waals surface area contributed by atoms with Crippen molar-refractivity contribution in [3.05, 3.63) is 169 Å². The summed E-state index contributed by atoms with van der Waals surface area (Å²) in [7, 11) is 0. The quantitative estimate of drug-likeness (QED) is 0.196. The highest BCUT2D eigenvalue weighted by molar-refractivity contribution is 6.17. The molecule has 8 bridgehead atoms. The first-order valence-electron chi connectivity index (χ1n) is 20.0. The van der Waals surface area contributed by atoms with Gasteiger partial charge in [-0.2, -0.15) is 0 Å². The third kappa shape index (κ3) is 6.24. The Hall–Kier alpha value is -6.58. The van der Waals surface area contributed by atoms with Crippen molar-refractivity contribution in [3.8, 4) is 78.4 Å². The molecular formula is C54H45N3. The molecule has 3 heteroatoms. The largest absolute Gasteiger partial charge is 0.353 e. The molecule has 3 nitrogen and oxygen atoms in total. The summed E-state index contributed by atoms with van der Waals surface area (Å²) in [5, 5.41) is 2.33. The molecule has 0 saturated heterocycles. The summed E-state index contributed by atoms with van der Waals surface area (Å²) < 4.78 is 0. The van der Waals surface area contributed by atoms with Crippen molar-refractivity contribution < 1.29 is 0 Å². The lowest BCUT2D eigenvalue weighted by Crippen LogP contribution is -2.12. The highest BCUT2D eigenvalue weighted by atomic mass is 14.8. The minimum Gasteiger partial charge on any atom is -0.353 e. The molecular weight excluding hydrogens is 691 g/mol. The van der Waals surface area contributed by atoms with E-state index in [0.29, 0.717) is 0 Å². The number of hydrogen-bond donors (Lipinski definition) is 1. The number of pyridine rings is 2. The third-order valence-electron chi connectivity index (χ3n) is 11.6. The Balaban J connectivity index is 1.42. The molecule has 0 fully saturated rings. The predicted molar refractivity (Wildman–Crippen MR) is 240 cm³/mol. The van der Waals surface area contributed by atoms with Crippen LogP contribution in [0.2, 0.25) is 0 Å². The molecule has 0 saturated carbocycles. The van der Waals surface area contributed by atoms with Gasteiger partial charge in [0.15, 0.2) is 0 Å². The second-order valence-corrected chi connectivity index (χ2v) is 17.7. The van der Waals surface area contributed by atoms with Crippen LogP contribution in [0.25, 0.3) is 100 Å². The molecule has 9 aromatic rings. The minimum absolute atomic E-state index is 0.121. The lowest BCUT2D eigenvalue weighted by atomic mass is 9.84. The van der Waals surface area contributed by atoms with Gasteiger partial charge in [-0.15, -0.1) is 0 Å². The average Bonchev–Trinajstić information content (AvgIpc) is 3.61. The van der Waals surface area contributed by atoms with Gasteiger partial charge in [0.05, 0.1) is 33.8 Å².